The van der Waals surface area contributed by atoms with Crippen LogP contribution >= 0.6 is 11.6 Å². The number of aromatic nitrogens is 1. The van der Waals surface area contributed by atoms with Crippen molar-refractivity contribution in [2.45, 2.75) is 70.9 Å². The highest BCUT2D eigenvalue weighted by atomic mass is 35.5. The number of hydrogen-bond donors (Lipinski definition) is 1. The van der Waals surface area contributed by atoms with Gasteiger partial charge in [0.1, 0.15) is 5.60 Å². The topological polar surface area (TPSA) is 85.5 Å². The van der Waals surface area contributed by atoms with Crippen molar-refractivity contribution in [2.24, 2.45) is 11.7 Å². The number of benzene rings is 1. The average molecular weight is 486 g/mol. The van der Waals surface area contributed by atoms with Gasteiger partial charge in [0.2, 0.25) is 5.91 Å². The largest absolute Gasteiger partial charge is 0.460 e. The summed E-state index contributed by atoms with van der Waals surface area (Å²) in [6, 6.07) is 13.4. The number of piperidine rings is 1. The lowest BCUT2D eigenvalue weighted by atomic mass is 9.83. The molecule has 1 aromatic carbocycles. The Morgan fingerprint density at radius 3 is 2.56 bits per heavy atom. The molecule has 0 unspecified atom stereocenters. The summed E-state index contributed by atoms with van der Waals surface area (Å²) in [5.41, 5.74) is 8.41. The molecule has 184 valence electrons. The van der Waals surface area contributed by atoms with Gasteiger partial charge in [0.05, 0.1) is 12.3 Å². The quantitative estimate of drug-likeness (QED) is 0.584. The van der Waals surface area contributed by atoms with Crippen LogP contribution in [0.15, 0.2) is 42.5 Å². The molecule has 2 heterocycles. The first-order valence-corrected chi connectivity index (χ1v) is 12.3. The maximum Gasteiger partial charge on any atom is 0.307 e. The zero-order valence-corrected chi connectivity index (χ0v) is 21.4. The van der Waals surface area contributed by atoms with Crippen LogP contribution in [0.4, 0.5) is 0 Å². The lowest BCUT2D eigenvalue weighted by Gasteiger charge is -2.41. The summed E-state index contributed by atoms with van der Waals surface area (Å²) in [5, 5.41) is 0.685. The van der Waals surface area contributed by atoms with Crippen LogP contribution in [0, 0.1) is 12.8 Å². The van der Waals surface area contributed by atoms with Crippen molar-refractivity contribution < 1.29 is 14.3 Å². The van der Waals surface area contributed by atoms with Crippen molar-refractivity contribution in [1.82, 2.24) is 9.88 Å². The molecule has 0 radical (unpaired) electrons. The molecule has 3 rings (SSSR count). The minimum Gasteiger partial charge on any atom is -0.460 e. The summed E-state index contributed by atoms with van der Waals surface area (Å²) in [5.74, 6) is -1.00. The van der Waals surface area contributed by atoms with Gasteiger partial charge in [-0.05, 0) is 76.8 Å². The summed E-state index contributed by atoms with van der Waals surface area (Å²) in [7, 11) is 0. The molecule has 2 N–H and O–H groups in total. The number of halogens is 1. The summed E-state index contributed by atoms with van der Waals surface area (Å²) < 4.78 is 5.53. The van der Waals surface area contributed by atoms with E-state index >= 15 is 0 Å². The Hall–Kier alpha value is -2.44. The van der Waals surface area contributed by atoms with Crippen LogP contribution in [0.2, 0.25) is 5.02 Å². The molecule has 1 fully saturated rings. The molecule has 2 atom stereocenters. The Bertz CT molecular complexity index is 1000. The SMILES string of the molecule is Cc1cccc(C[C@H](CC(=O)OC(C)(C)C)C(=O)N2CCC[C@@](N)(Cc3ccc(Cl)cc3)C2)n1. The minimum absolute atomic E-state index is 0.0109. The van der Waals surface area contributed by atoms with Gasteiger partial charge in [-0.3, -0.25) is 14.6 Å². The van der Waals surface area contributed by atoms with Gasteiger partial charge >= 0.3 is 5.97 Å². The van der Waals surface area contributed by atoms with Crippen molar-refractivity contribution in [1.29, 1.82) is 0 Å². The number of esters is 1. The van der Waals surface area contributed by atoms with Crippen molar-refractivity contribution in [3.05, 3.63) is 64.4 Å². The number of nitrogens with zero attached hydrogens (tertiary/aromatic N) is 2. The monoisotopic (exact) mass is 485 g/mol. The summed E-state index contributed by atoms with van der Waals surface area (Å²) >= 11 is 6.02. The molecule has 7 heteroatoms. The first-order valence-electron chi connectivity index (χ1n) is 11.9. The van der Waals surface area contributed by atoms with Crippen LogP contribution in [0.25, 0.3) is 0 Å². The number of aryl methyl sites for hydroxylation is 1. The number of nitrogens with two attached hydrogens (primary N) is 1. The maximum absolute atomic E-state index is 13.7. The molecule has 0 bridgehead atoms. The highest BCUT2D eigenvalue weighted by Crippen LogP contribution is 2.27. The Balaban J connectivity index is 1.76. The third kappa shape index (κ3) is 7.81. The molecule has 1 aromatic heterocycles. The normalized spacial score (nSPS) is 19.5. The first-order chi connectivity index (χ1) is 15.9. The smallest absolute Gasteiger partial charge is 0.307 e. The van der Waals surface area contributed by atoms with Crippen molar-refractivity contribution in [2.75, 3.05) is 13.1 Å². The van der Waals surface area contributed by atoms with Crippen molar-refractivity contribution in [3.63, 3.8) is 0 Å². The Kier molecular flexibility index (Phi) is 8.37. The van der Waals surface area contributed by atoms with Crippen LogP contribution in [0.3, 0.4) is 0 Å². The molecule has 1 saturated heterocycles. The molecule has 1 aliphatic heterocycles. The third-order valence-corrected chi connectivity index (χ3v) is 6.23. The molecule has 0 saturated carbocycles. The molecule has 0 aliphatic carbocycles. The molecule has 1 amide bonds. The predicted molar refractivity (Wildman–Crippen MR) is 135 cm³/mol. The van der Waals surface area contributed by atoms with Crippen LogP contribution in [-0.2, 0) is 27.2 Å². The van der Waals surface area contributed by atoms with E-state index in [9.17, 15) is 9.59 Å². The lowest BCUT2D eigenvalue weighted by Crippen LogP contribution is -2.58. The van der Waals surface area contributed by atoms with E-state index in [4.69, 9.17) is 22.1 Å². The van der Waals surface area contributed by atoms with Gasteiger partial charge in [-0.2, -0.15) is 0 Å². The van der Waals surface area contributed by atoms with Gasteiger partial charge in [-0.25, -0.2) is 0 Å². The Labute approximate surface area is 207 Å². The number of carbonyl (C=O) groups is 2. The fraction of sp³-hybridized carbons (Fsp3) is 0.519. The Morgan fingerprint density at radius 2 is 1.91 bits per heavy atom. The van der Waals surface area contributed by atoms with E-state index < -0.39 is 17.1 Å². The summed E-state index contributed by atoms with van der Waals surface area (Å²) in [6.45, 7) is 8.47. The molecular weight excluding hydrogens is 450 g/mol. The summed E-state index contributed by atoms with van der Waals surface area (Å²) in [4.78, 5) is 32.7. The van der Waals surface area contributed by atoms with Gasteiger partial charge in [-0.15, -0.1) is 0 Å². The molecule has 1 aliphatic rings. The van der Waals surface area contributed by atoms with Crippen molar-refractivity contribution in [3.8, 4) is 0 Å². The second-order valence-corrected chi connectivity index (χ2v) is 10.9. The molecule has 0 spiro atoms. The van der Waals surface area contributed by atoms with Gasteiger partial charge in [0.25, 0.3) is 0 Å². The number of ether oxygens (including phenoxy) is 1. The fourth-order valence-electron chi connectivity index (χ4n) is 4.56. The zero-order chi connectivity index (χ0) is 24.9. The van der Waals surface area contributed by atoms with Gasteiger partial charge < -0.3 is 15.4 Å². The average Bonchev–Trinajstić information content (AvgIpc) is 2.73. The van der Waals surface area contributed by atoms with E-state index in [2.05, 4.69) is 4.98 Å². The van der Waals surface area contributed by atoms with Crippen molar-refractivity contribution >= 4 is 23.5 Å². The lowest BCUT2D eigenvalue weighted by molar-refractivity contribution is -0.158. The van der Waals surface area contributed by atoms with E-state index in [1.54, 1.807) is 0 Å². The molecule has 34 heavy (non-hydrogen) atoms. The van der Waals surface area contributed by atoms with Crippen LogP contribution < -0.4 is 5.73 Å². The highest BCUT2D eigenvalue weighted by molar-refractivity contribution is 6.30. The predicted octanol–water partition coefficient (Wildman–Crippen LogP) is 4.50. The van der Waals surface area contributed by atoms with Gasteiger partial charge in [0, 0.05) is 41.5 Å². The van der Waals surface area contributed by atoms with Crippen LogP contribution in [0.1, 0.15) is 57.0 Å². The minimum atomic E-state index is -0.609. The van der Waals surface area contributed by atoms with Crippen LogP contribution in [-0.4, -0.2) is 46.0 Å². The second kappa shape index (κ2) is 10.9. The second-order valence-electron chi connectivity index (χ2n) is 10.5. The van der Waals surface area contributed by atoms with E-state index in [1.807, 2.05) is 75.1 Å². The van der Waals surface area contributed by atoms with Crippen LogP contribution in [0.5, 0.6) is 0 Å². The molecular formula is C27H36ClN3O3. The van der Waals surface area contributed by atoms with E-state index in [0.717, 1.165) is 29.8 Å². The Morgan fingerprint density at radius 1 is 1.21 bits per heavy atom. The van der Waals surface area contributed by atoms with E-state index in [-0.39, 0.29) is 18.3 Å². The van der Waals surface area contributed by atoms with E-state index in [1.165, 1.54) is 0 Å². The third-order valence-electron chi connectivity index (χ3n) is 5.97. The van der Waals surface area contributed by atoms with Gasteiger partial charge in [-0.1, -0.05) is 29.8 Å². The van der Waals surface area contributed by atoms with E-state index in [0.29, 0.717) is 31.0 Å². The fourth-order valence-corrected chi connectivity index (χ4v) is 4.68. The molecule has 6 nitrogen and oxygen atoms in total. The number of hydrogen-bond acceptors (Lipinski definition) is 5. The first kappa shape index (κ1) is 26.2. The zero-order valence-electron chi connectivity index (χ0n) is 20.6. The number of carbonyl (C=O) groups excluding carboxylic acids is 2. The highest BCUT2D eigenvalue weighted by Gasteiger charge is 2.37. The number of pyridine rings is 1. The number of likely N-dealkylation sites (tertiary alicyclic amines) is 1. The number of rotatable bonds is 7. The molecule has 2 aromatic rings. The number of amides is 1. The van der Waals surface area contributed by atoms with Gasteiger partial charge in [0.15, 0.2) is 0 Å². The standard InChI is InChI=1S/C27H36ClN3O3/c1-19-7-5-8-23(30-19)15-21(16-24(32)34-26(2,3)4)25(33)31-14-6-13-27(29,18-31)17-20-9-11-22(28)12-10-20/h5,7-12,21H,6,13-18,29H2,1-4H3/t21-,27-/m1/s1. The maximum atomic E-state index is 13.7. The summed E-state index contributed by atoms with van der Waals surface area (Å²) in [6.07, 6.45) is 2.69.